The van der Waals surface area contributed by atoms with Crippen molar-refractivity contribution in [1.29, 1.82) is 0 Å². The first-order chi connectivity index (χ1) is 18.4. The van der Waals surface area contributed by atoms with Crippen molar-refractivity contribution >= 4 is 29.0 Å². The van der Waals surface area contributed by atoms with Crippen molar-refractivity contribution in [3.05, 3.63) is 53.0 Å². The monoisotopic (exact) mass is 534 g/mol. The van der Waals surface area contributed by atoms with Gasteiger partial charge in [0.05, 0.1) is 12.8 Å². The van der Waals surface area contributed by atoms with Gasteiger partial charge in [-0.15, -0.1) is 11.3 Å². The molecule has 1 amide bonds. The van der Waals surface area contributed by atoms with Crippen molar-refractivity contribution in [2.45, 2.75) is 50.5 Å². The van der Waals surface area contributed by atoms with E-state index < -0.39 is 11.5 Å². The van der Waals surface area contributed by atoms with Gasteiger partial charge in [0.1, 0.15) is 10.5 Å². The van der Waals surface area contributed by atoms with Gasteiger partial charge < -0.3 is 9.84 Å². The Morgan fingerprint density at radius 2 is 2.00 bits per heavy atom. The zero-order chi connectivity index (χ0) is 26.7. The minimum atomic E-state index is -1.19. The molecule has 0 radical (unpaired) electrons. The number of aromatic nitrogens is 2. The fourth-order valence-corrected chi connectivity index (χ4v) is 6.55. The molecule has 1 aromatic carbocycles. The van der Waals surface area contributed by atoms with E-state index >= 15 is 0 Å². The van der Waals surface area contributed by atoms with Gasteiger partial charge in [-0.2, -0.15) is 0 Å². The Balaban J connectivity index is 1.56. The van der Waals surface area contributed by atoms with E-state index in [1.165, 1.54) is 11.3 Å². The molecule has 5 rings (SSSR count). The predicted molar refractivity (Wildman–Crippen MR) is 142 cm³/mol. The molecule has 1 aliphatic heterocycles. The number of nitrogens with one attached hydrogen (secondary N) is 1. The average Bonchev–Trinajstić information content (AvgIpc) is 3.51. The third kappa shape index (κ3) is 5.06. The van der Waals surface area contributed by atoms with Crippen LogP contribution in [0.15, 0.2) is 48.0 Å². The molecular weight excluding hydrogens is 504 g/mol. The molecule has 2 atom stereocenters. The van der Waals surface area contributed by atoms with Crippen LogP contribution in [0.4, 0.5) is 0 Å². The number of ether oxygens (including phenoxy) is 1. The van der Waals surface area contributed by atoms with E-state index in [0.29, 0.717) is 36.0 Å². The molecule has 198 valence electrons. The van der Waals surface area contributed by atoms with Gasteiger partial charge in [-0.1, -0.05) is 30.7 Å². The number of thiazole rings is 1. The smallest absolute Gasteiger partial charge is 0.303 e. The summed E-state index contributed by atoms with van der Waals surface area (Å²) in [7, 11) is 1.57. The van der Waals surface area contributed by atoms with Gasteiger partial charge in [0.15, 0.2) is 5.78 Å². The quantitative estimate of drug-likeness (QED) is 0.456. The molecule has 0 spiro atoms. The topological polar surface area (TPSA) is 122 Å². The third-order valence-corrected chi connectivity index (χ3v) is 8.30. The number of benzene rings is 1. The number of amides is 1. The number of rotatable bonds is 7. The van der Waals surface area contributed by atoms with Crippen molar-refractivity contribution in [3.63, 3.8) is 0 Å². The number of Topliss-reactive ketones (excluding diaryl/α,β-unsaturated/α-hetero) is 1. The summed E-state index contributed by atoms with van der Waals surface area (Å²) in [6, 6.07) is 11.6. The summed E-state index contributed by atoms with van der Waals surface area (Å²) in [4.78, 5) is 47.2. The number of methoxy groups -OCH3 is 1. The van der Waals surface area contributed by atoms with E-state index in [0.717, 1.165) is 36.0 Å². The summed E-state index contributed by atoms with van der Waals surface area (Å²) < 4.78 is 5.19. The molecule has 2 unspecified atom stereocenters. The number of carboxylic acids is 1. The number of ketones is 1. The van der Waals surface area contributed by atoms with E-state index in [2.05, 4.69) is 10.4 Å². The number of aliphatic carboxylic acids is 1. The van der Waals surface area contributed by atoms with Crippen LogP contribution in [-0.4, -0.2) is 51.4 Å². The van der Waals surface area contributed by atoms with Crippen LogP contribution in [0.2, 0.25) is 0 Å². The van der Waals surface area contributed by atoms with Crippen LogP contribution in [-0.2, 0) is 19.9 Å². The van der Waals surface area contributed by atoms with E-state index in [1.807, 2.05) is 35.7 Å². The van der Waals surface area contributed by atoms with Crippen LogP contribution in [0.25, 0.3) is 22.4 Å². The fourth-order valence-electron chi connectivity index (χ4n) is 5.50. The Bertz CT molecular complexity index is 1340. The van der Waals surface area contributed by atoms with E-state index in [4.69, 9.17) is 9.72 Å². The molecule has 0 bridgehead atoms. The largest absolute Gasteiger partial charge is 0.481 e. The van der Waals surface area contributed by atoms with Crippen LogP contribution in [0.1, 0.15) is 50.0 Å². The maximum absolute atomic E-state index is 13.7. The lowest BCUT2D eigenvalue weighted by atomic mass is 9.92. The lowest BCUT2D eigenvalue weighted by molar-refractivity contribution is -0.140. The molecule has 1 aliphatic carbocycles. The van der Waals surface area contributed by atoms with Gasteiger partial charge in [0, 0.05) is 54.6 Å². The summed E-state index contributed by atoms with van der Waals surface area (Å²) in [5, 5.41) is 13.7. The van der Waals surface area contributed by atoms with Gasteiger partial charge in [-0.05, 0) is 36.8 Å². The fraction of sp³-hybridized carbons (Fsp3) is 0.393. The Morgan fingerprint density at radius 3 is 2.74 bits per heavy atom. The summed E-state index contributed by atoms with van der Waals surface area (Å²) in [5.41, 5.74) is 5.23. The zero-order valence-corrected chi connectivity index (χ0v) is 22.0. The molecular formula is C28H30N4O5S. The number of hydrazine groups is 1. The second-order valence-corrected chi connectivity index (χ2v) is 10.7. The maximum atomic E-state index is 13.7. The predicted octanol–water partition coefficient (Wildman–Crippen LogP) is 4.44. The highest BCUT2D eigenvalue weighted by Crippen LogP contribution is 2.47. The van der Waals surface area contributed by atoms with Gasteiger partial charge in [-0.25, -0.2) is 15.0 Å². The zero-order valence-electron chi connectivity index (χ0n) is 21.2. The molecule has 2 aliphatic rings. The van der Waals surface area contributed by atoms with Crippen LogP contribution in [0.3, 0.4) is 0 Å². The minimum absolute atomic E-state index is 0.0964. The highest BCUT2D eigenvalue weighted by Gasteiger charge is 2.55. The number of carbonyl (C=O) groups is 3. The minimum Gasteiger partial charge on any atom is -0.481 e. The number of nitrogens with zero attached hydrogens (tertiary/aromatic N) is 3. The molecule has 10 heteroatoms. The molecule has 2 fully saturated rings. The Morgan fingerprint density at radius 1 is 1.18 bits per heavy atom. The van der Waals surface area contributed by atoms with Crippen LogP contribution >= 0.6 is 11.3 Å². The molecule has 38 heavy (non-hydrogen) atoms. The Hall–Kier alpha value is -3.63. The number of hydrogen-bond acceptors (Lipinski definition) is 8. The number of pyridine rings is 1. The standard InChI is InChI=1S/C28H30N4O5S/c1-37-25-11-10-19(16-29-25)20-7-4-5-8-21(20)22-17-38-27(30-22)28(15-18(13-23(28)33)14-26(35)36)32-12-6-2-3-9-24(34)31-32/h4-5,7-8,10-11,16-18H,2-3,6,9,12-15H2,1H3,(H,31,34)(H,35,36). The second kappa shape index (κ2) is 11.0. The van der Waals surface area contributed by atoms with Crippen molar-refractivity contribution < 1.29 is 24.2 Å². The van der Waals surface area contributed by atoms with E-state index in [-0.39, 0.29) is 30.4 Å². The van der Waals surface area contributed by atoms with E-state index in [9.17, 15) is 19.5 Å². The normalized spacial score (nSPS) is 22.5. The summed E-state index contributed by atoms with van der Waals surface area (Å²) >= 11 is 1.37. The van der Waals surface area contributed by atoms with Crippen molar-refractivity contribution in [3.8, 4) is 28.3 Å². The molecule has 1 saturated heterocycles. The van der Waals surface area contributed by atoms with Crippen molar-refractivity contribution in [2.75, 3.05) is 13.7 Å². The highest BCUT2D eigenvalue weighted by atomic mass is 32.1. The van der Waals surface area contributed by atoms with Crippen molar-refractivity contribution in [1.82, 2.24) is 20.4 Å². The molecule has 1 saturated carbocycles. The molecule has 3 aromatic rings. The van der Waals surface area contributed by atoms with Gasteiger partial charge in [0.2, 0.25) is 11.8 Å². The Kier molecular flexibility index (Phi) is 7.53. The number of carbonyl (C=O) groups excluding carboxylic acids is 2. The van der Waals surface area contributed by atoms with Crippen molar-refractivity contribution in [2.24, 2.45) is 5.92 Å². The van der Waals surface area contributed by atoms with Crippen LogP contribution in [0.5, 0.6) is 5.88 Å². The first kappa shape index (κ1) is 26.0. The second-order valence-electron chi connectivity index (χ2n) is 9.83. The molecule has 2 N–H and O–H groups in total. The number of carboxylic acid groups (broad SMARTS) is 1. The van der Waals surface area contributed by atoms with Crippen LogP contribution < -0.4 is 10.2 Å². The summed E-state index contributed by atoms with van der Waals surface area (Å²) in [6.07, 6.45) is 5.01. The lowest BCUT2D eigenvalue weighted by Gasteiger charge is -2.39. The highest BCUT2D eigenvalue weighted by molar-refractivity contribution is 7.10. The Labute approximate surface area is 224 Å². The maximum Gasteiger partial charge on any atom is 0.303 e. The van der Waals surface area contributed by atoms with Gasteiger partial charge in [-0.3, -0.25) is 19.8 Å². The van der Waals surface area contributed by atoms with Crippen LogP contribution in [0, 0.1) is 5.92 Å². The first-order valence-corrected chi connectivity index (χ1v) is 13.7. The molecule has 3 heterocycles. The third-order valence-electron chi connectivity index (χ3n) is 7.31. The lowest BCUT2D eigenvalue weighted by Crippen LogP contribution is -2.58. The van der Waals surface area contributed by atoms with Gasteiger partial charge >= 0.3 is 5.97 Å². The first-order valence-electron chi connectivity index (χ1n) is 12.8. The SMILES string of the molecule is COc1ccc(-c2ccccc2-c2csc(C3(N4CCCCCC(=O)N4)CC(CC(=O)O)CC3=O)n2)cn1. The number of hydrogen-bond donors (Lipinski definition) is 2. The summed E-state index contributed by atoms with van der Waals surface area (Å²) in [5.74, 6) is -0.967. The molecule has 9 nitrogen and oxygen atoms in total. The summed E-state index contributed by atoms with van der Waals surface area (Å²) in [6.45, 7) is 0.500. The van der Waals surface area contributed by atoms with E-state index in [1.54, 1.807) is 24.4 Å². The van der Waals surface area contributed by atoms with Gasteiger partial charge in [0.25, 0.3) is 0 Å². The average molecular weight is 535 g/mol. The molecule has 2 aromatic heterocycles.